The number of nitrogens with zero attached hydrogens (tertiary/aromatic N) is 2. The molecule has 1 fully saturated rings. The molecule has 17 heavy (non-hydrogen) atoms. The van der Waals surface area contributed by atoms with E-state index in [9.17, 15) is 0 Å². The Balaban J connectivity index is 2.16. The van der Waals surface area contributed by atoms with Crippen molar-refractivity contribution in [3.63, 3.8) is 0 Å². The Morgan fingerprint density at radius 2 is 1.88 bits per heavy atom. The largest absolute Gasteiger partial charge is 0.339 e. The van der Waals surface area contributed by atoms with E-state index < -0.39 is 0 Å². The first-order valence-electron chi connectivity index (χ1n) is 6.41. The monoisotopic (exact) mass is 237 g/mol. The number of rotatable bonds is 4. The van der Waals surface area contributed by atoms with Crippen LogP contribution in [0.5, 0.6) is 0 Å². The third kappa shape index (κ3) is 1.79. The highest BCUT2D eigenvalue weighted by Crippen LogP contribution is 2.73. The highest BCUT2D eigenvalue weighted by Gasteiger charge is 2.67. The summed E-state index contributed by atoms with van der Waals surface area (Å²) in [6.07, 6.45) is 1.93. The van der Waals surface area contributed by atoms with Crippen LogP contribution < -0.4 is 5.73 Å². The minimum Gasteiger partial charge on any atom is -0.339 e. The summed E-state index contributed by atoms with van der Waals surface area (Å²) in [5, 5.41) is 4.02. The van der Waals surface area contributed by atoms with Crippen molar-refractivity contribution in [1.29, 1.82) is 0 Å². The molecule has 1 aliphatic rings. The highest BCUT2D eigenvalue weighted by molar-refractivity contribution is 5.25. The quantitative estimate of drug-likeness (QED) is 0.874. The summed E-state index contributed by atoms with van der Waals surface area (Å²) < 4.78 is 5.39. The zero-order valence-electron chi connectivity index (χ0n) is 11.4. The van der Waals surface area contributed by atoms with Gasteiger partial charge in [-0.2, -0.15) is 4.98 Å². The van der Waals surface area contributed by atoms with E-state index in [1.807, 2.05) is 0 Å². The number of hydrogen-bond donors (Lipinski definition) is 1. The van der Waals surface area contributed by atoms with Gasteiger partial charge in [-0.25, -0.2) is 0 Å². The molecule has 0 aromatic carbocycles. The fourth-order valence-corrected chi connectivity index (χ4v) is 2.77. The molecule has 0 radical (unpaired) electrons. The molecule has 2 rings (SSSR count). The maximum atomic E-state index is 5.99. The van der Waals surface area contributed by atoms with E-state index in [2.05, 4.69) is 44.8 Å². The third-order valence-electron chi connectivity index (χ3n) is 4.66. The summed E-state index contributed by atoms with van der Waals surface area (Å²) in [4.78, 5) is 4.48. The predicted octanol–water partition coefficient (Wildman–Crippen LogP) is 3.02. The van der Waals surface area contributed by atoms with Crippen molar-refractivity contribution in [2.45, 2.75) is 59.4 Å². The topological polar surface area (TPSA) is 64.9 Å². The van der Waals surface area contributed by atoms with Crippen molar-refractivity contribution in [3.05, 3.63) is 11.7 Å². The third-order valence-corrected chi connectivity index (χ3v) is 4.66. The molecule has 0 bridgehead atoms. The Kier molecular flexibility index (Phi) is 2.81. The van der Waals surface area contributed by atoms with Gasteiger partial charge in [0.15, 0.2) is 5.82 Å². The molecule has 1 aliphatic carbocycles. The van der Waals surface area contributed by atoms with E-state index in [-0.39, 0.29) is 16.9 Å². The molecule has 96 valence electrons. The van der Waals surface area contributed by atoms with Crippen LogP contribution in [0, 0.1) is 10.8 Å². The molecule has 0 amide bonds. The van der Waals surface area contributed by atoms with Gasteiger partial charge >= 0.3 is 0 Å². The fourth-order valence-electron chi connectivity index (χ4n) is 2.77. The zero-order valence-corrected chi connectivity index (χ0v) is 11.4. The van der Waals surface area contributed by atoms with E-state index in [0.29, 0.717) is 11.7 Å². The lowest BCUT2D eigenvalue weighted by Gasteiger charge is -2.03. The van der Waals surface area contributed by atoms with Crippen LogP contribution in [-0.4, -0.2) is 10.1 Å². The second-order valence-electron chi connectivity index (χ2n) is 6.26. The molecule has 0 aliphatic heterocycles. The first-order chi connectivity index (χ1) is 7.82. The van der Waals surface area contributed by atoms with Crippen LogP contribution in [0.3, 0.4) is 0 Å². The first kappa shape index (κ1) is 12.6. The molecule has 0 spiro atoms. The van der Waals surface area contributed by atoms with Crippen molar-refractivity contribution in [1.82, 2.24) is 10.1 Å². The lowest BCUT2D eigenvalue weighted by atomic mass is 10.0. The molecule has 1 aromatic rings. The van der Waals surface area contributed by atoms with Gasteiger partial charge in [0.1, 0.15) is 0 Å². The fraction of sp³-hybridized carbons (Fsp3) is 0.846. The number of nitrogens with two attached hydrogens (primary N) is 1. The summed E-state index contributed by atoms with van der Waals surface area (Å²) in [6.45, 7) is 11.1. The van der Waals surface area contributed by atoms with Gasteiger partial charge in [0.05, 0.1) is 6.04 Å². The normalized spacial score (nSPS) is 23.6. The lowest BCUT2D eigenvalue weighted by molar-refractivity contribution is 0.357. The molecule has 1 unspecified atom stereocenters. The highest BCUT2D eigenvalue weighted by atomic mass is 16.5. The van der Waals surface area contributed by atoms with Crippen molar-refractivity contribution in [2.75, 3.05) is 0 Å². The summed E-state index contributed by atoms with van der Waals surface area (Å²) in [7, 11) is 0. The molecular weight excluding hydrogens is 214 g/mol. The Labute approximate surface area is 103 Å². The molecule has 4 heteroatoms. The van der Waals surface area contributed by atoms with Crippen LogP contribution in [-0.2, 0) is 0 Å². The number of hydrogen-bond acceptors (Lipinski definition) is 4. The average Bonchev–Trinajstić information content (AvgIpc) is 2.59. The Morgan fingerprint density at radius 1 is 1.29 bits per heavy atom. The molecule has 1 aromatic heterocycles. The van der Waals surface area contributed by atoms with Crippen molar-refractivity contribution >= 4 is 0 Å². The maximum absolute atomic E-state index is 5.99. The van der Waals surface area contributed by atoms with Crippen LogP contribution in [0.25, 0.3) is 0 Å². The van der Waals surface area contributed by atoms with Gasteiger partial charge in [0.2, 0.25) is 5.89 Å². The summed E-state index contributed by atoms with van der Waals surface area (Å²) in [5.41, 5.74) is 6.45. The lowest BCUT2D eigenvalue weighted by Crippen LogP contribution is -2.11. The Hall–Kier alpha value is -0.900. The van der Waals surface area contributed by atoms with E-state index in [1.54, 1.807) is 0 Å². The van der Waals surface area contributed by atoms with Crippen LogP contribution in [0.1, 0.15) is 71.1 Å². The molecular formula is C13H23N3O. The minimum absolute atomic E-state index is 0.0949. The van der Waals surface area contributed by atoms with Gasteiger partial charge in [-0.1, -0.05) is 46.2 Å². The Bertz CT molecular complexity index is 395. The molecule has 2 N–H and O–H groups in total. The van der Waals surface area contributed by atoms with Crippen LogP contribution in [0.15, 0.2) is 4.52 Å². The van der Waals surface area contributed by atoms with Crippen molar-refractivity contribution in [3.8, 4) is 0 Å². The minimum atomic E-state index is -0.0949. The van der Waals surface area contributed by atoms with Crippen molar-refractivity contribution < 1.29 is 4.52 Å². The van der Waals surface area contributed by atoms with Crippen molar-refractivity contribution in [2.24, 2.45) is 16.6 Å². The van der Waals surface area contributed by atoms with Gasteiger partial charge in [0.25, 0.3) is 0 Å². The molecule has 1 saturated carbocycles. The summed E-state index contributed by atoms with van der Waals surface area (Å²) in [6, 6.07) is -0.0949. The molecule has 1 atom stereocenters. The van der Waals surface area contributed by atoms with E-state index in [4.69, 9.17) is 10.3 Å². The molecule has 4 nitrogen and oxygen atoms in total. The first-order valence-corrected chi connectivity index (χ1v) is 6.41. The molecule has 1 heterocycles. The second kappa shape index (κ2) is 3.80. The van der Waals surface area contributed by atoms with Crippen LogP contribution >= 0.6 is 0 Å². The SMILES string of the molecule is CCCC(N)c1noc(C2C(C)(C)C2(C)C)n1. The zero-order chi connectivity index (χ0) is 12.8. The van der Waals surface area contributed by atoms with E-state index in [1.165, 1.54) is 0 Å². The summed E-state index contributed by atoms with van der Waals surface area (Å²) in [5.74, 6) is 1.76. The van der Waals surface area contributed by atoms with Gasteiger partial charge in [0, 0.05) is 5.92 Å². The van der Waals surface area contributed by atoms with Gasteiger partial charge < -0.3 is 10.3 Å². The van der Waals surface area contributed by atoms with Crippen LogP contribution in [0.4, 0.5) is 0 Å². The number of aromatic nitrogens is 2. The van der Waals surface area contributed by atoms with E-state index >= 15 is 0 Å². The summed E-state index contributed by atoms with van der Waals surface area (Å²) >= 11 is 0. The standard InChI is InChI=1S/C13H23N3O/c1-6-7-8(14)10-15-11(17-16-10)9-12(2,3)13(9,4)5/h8-9H,6-7,14H2,1-5H3. The van der Waals surface area contributed by atoms with E-state index in [0.717, 1.165) is 18.7 Å². The average molecular weight is 237 g/mol. The van der Waals surface area contributed by atoms with Gasteiger partial charge in [-0.3, -0.25) is 0 Å². The Morgan fingerprint density at radius 3 is 2.35 bits per heavy atom. The predicted molar refractivity (Wildman–Crippen MR) is 66.4 cm³/mol. The smallest absolute Gasteiger partial charge is 0.230 e. The molecule has 0 saturated heterocycles. The van der Waals surface area contributed by atoms with Gasteiger partial charge in [-0.05, 0) is 17.3 Å². The second-order valence-corrected chi connectivity index (χ2v) is 6.26. The maximum Gasteiger partial charge on any atom is 0.230 e. The van der Waals surface area contributed by atoms with Gasteiger partial charge in [-0.15, -0.1) is 0 Å². The van der Waals surface area contributed by atoms with Crippen LogP contribution in [0.2, 0.25) is 0 Å².